The summed E-state index contributed by atoms with van der Waals surface area (Å²) in [6.45, 7) is 0.413. The molecule has 0 saturated heterocycles. The van der Waals surface area contributed by atoms with Gasteiger partial charge in [-0.05, 0) is 24.3 Å². The first kappa shape index (κ1) is 17.6. The molecular formula is C18H16Cl2N2O3. The van der Waals surface area contributed by atoms with Crippen molar-refractivity contribution in [2.45, 2.75) is 12.5 Å². The van der Waals surface area contributed by atoms with Crippen molar-refractivity contribution in [1.82, 2.24) is 10.6 Å². The van der Waals surface area contributed by atoms with Gasteiger partial charge in [-0.25, -0.2) is 0 Å². The van der Waals surface area contributed by atoms with Crippen molar-refractivity contribution in [2.75, 3.05) is 13.2 Å². The molecule has 25 heavy (non-hydrogen) atoms. The van der Waals surface area contributed by atoms with E-state index in [9.17, 15) is 9.59 Å². The van der Waals surface area contributed by atoms with Crippen LogP contribution in [0.2, 0.25) is 10.0 Å². The van der Waals surface area contributed by atoms with E-state index in [0.717, 1.165) is 11.3 Å². The number of nitrogens with one attached hydrogen (secondary N) is 2. The molecule has 1 heterocycles. The van der Waals surface area contributed by atoms with Crippen LogP contribution >= 0.6 is 23.2 Å². The van der Waals surface area contributed by atoms with Gasteiger partial charge < -0.3 is 15.4 Å². The van der Waals surface area contributed by atoms with E-state index in [-0.39, 0.29) is 29.4 Å². The molecule has 1 aliphatic heterocycles. The Kier molecular flexibility index (Phi) is 5.46. The van der Waals surface area contributed by atoms with Crippen LogP contribution in [0.1, 0.15) is 28.4 Å². The molecule has 0 saturated carbocycles. The fraction of sp³-hybridized carbons (Fsp3) is 0.222. The lowest BCUT2D eigenvalue weighted by Gasteiger charge is -2.26. The second-order valence-corrected chi connectivity index (χ2v) is 6.42. The summed E-state index contributed by atoms with van der Waals surface area (Å²) in [5.74, 6) is 0.120. The molecule has 0 aliphatic carbocycles. The first-order chi connectivity index (χ1) is 12.0. The number of benzene rings is 2. The first-order valence-electron chi connectivity index (χ1n) is 7.79. The van der Waals surface area contributed by atoms with E-state index in [4.69, 9.17) is 27.9 Å². The zero-order chi connectivity index (χ0) is 17.8. The van der Waals surface area contributed by atoms with E-state index in [1.807, 2.05) is 24.3 Å². The highest BCUT2D eigenvalue weighted by molar-refractivity contribution is 6.42. The van der Waals surface area contributed by atoms with E-state index in [1.54, 1.807) is 6.07 Å². The molecule has 7 heteroatoms. The zero-order valence-corrected chi connectivity index (χ0v) is 14.7. The SMILES string of the molecule is O=C(CNC(=O)c1ccc(Cl)c(Cl)c1)N[C@@H]1CCOc2ccccc21. The third-order valence-electron chi connectivity index (χ3n) is 3.89. The van der Waals surface area contributed by atoms with Crippen LogP contribution in [0.15, 0.2) is 42.5 Å². The van der Waals surface area contributed by atoms with Gasteiger partial charge in [0.25, 0.3) is 5.91 Å². The molecule has 130 valence electrons. The standard InChI is InChI=1S/C18H16Cl2N2O3/c19-13-6-5-11(9-14(13)20)18(24)21-10-17(23)22-15-7-8-25-16-4-2-1-3-12(15)16/h1-6,9,15H,7-8,10H2,(H,21,24)(H,22,23)/t15-/m1/s1. The first-order valence-corrected chi connectivity index (χ1v) is 8.54. The van der Waals surface area contributed by atoms with Gasteiger partial charge >= 0.3 is 0 Å². The summed E-state index contributed by atoms with van der Waals surface area (Å²) in [4.78, 5) is 24.3. The van der Waals surface area contributed by atoms with Crippen LogP contribution in [0, 0.1) is 0 Å². The lowest BCUT2D eigenvalue weighted by Crippen LogP contribution is -2.40. The number of amides is 2. The number of halogens is 2. The van der Waals surface area contributed by atoms with Crippen molar-refractivity contribution in [3.05, 3.63) is 63.6 Å². The lowest BCUT2D eigenvalue weighted by atomic mass is 10.0. The van der Waals surface area contributed by atoms with Crippen molar-refractivity contribution in [1.29, 1.82) is 0 Å². The molecule has 3 rings (SSSR count). The highest BCUT2D eigenvalue weighted by Gasteiger charge is 2.22. The van der Waals surface area contributed by atoms with Crippen molar-refractivity contribution >= 4 is 35.0 Å². The molecule has 2 amide bonds. The van der Waals surface area contributed by atoms with Crippen LogP contribution in [0.25, 0.3) is 0 Å². The predicted molar refractivity (Wildman–Crippen MR) is 96.2 cm³/mol. The maximum absolute atomic E-state index is 12.2. The largest absolute Gasteiger partial charge is 0.493 e. The van der Waals surface area contributed by atoms with Crippen LogP contribution < -0.4 is 15.4 Å². The minimum absolute atomic E-state index is 0.126. The van der Waals surface area contributed by atoms with Crippen molar-refractivity contribution in [3.8, 4) is 5.75 Å². The number of fused-ring (bicyclic) bond motifs is 1. The Morgan fingerprint density at radius 2 is 1.92 bits per heavy atom. The zero-order valence-electron chi connectivity index (χ0n) is 13.2. The summed E-state index contributed by atoms with van der Waals surface area (Å²) in [5.41, 5.74) is 1.29. The van der Waals surface area contributed by atoms with E-state index in [0.29, 0.717) is 23.6 Å². The van der Waals surface area contributed by atoms with E-state index >= 15 is 0 Å². The van der Waals surface area contributed by atoms with Gasteiger partial charge in [-0.2, -0.15) is 0 Å². The molecule has 0 bridgehead atoms. The molecule has 0 aromatic heterocycles. The fourth-order valence-electron chi connectivity index (χ4n) is 2.64. The van der Waals surface area contributed by atoms with Gasteiger partial charge in [0.1, 0.15) is 5.75 Å². The van der Waals surface area contributed by atoms with Gasteiger partial charge in [-0.1, -0.05) is 41.4 Å². The van der Waals surface area contributed by atoms with E-state index in [2.05, 4.69) is 10.6 Å². The van der Waals surface area contributed by atoms with Crippen LogP contribution in [0.3, 0.4) is 0 Å². The Hall–Kier alpha value is -2.24. The second kappa shape index (κ2) is 7.76. The Bertz CT molecular complexity index is 811. The minimum atomic E-state index is -0.388. The smallest absolute Gasteiger partial charge is 0.251 e. The Morgan fingerprint density at radius 3 is 2.72 bits per heavy atom. The van der Waals surface area contributed by atoms with Crippen LogP contribution in [-0.2, 0) is 4.79 Å². The molecule has 2 aromatic carbocycles. The second-order valence-electron chi connectivity index (χ2n) is 5.61. The predicted octanol–water partition coefficient (Wildman–Crippen LogP) is 3.36. The summed E-state index contributed by atoms with van der Waals surface area (Å²) in [5, 5.41) is 6.16. The molecule has 0 unspecified atom stereocenters. The molecular weight excluding hydrogens is 363 g/mol. The Morgan fingerprint density at radius 1 is 1.12 bits per heavy atom. The quantitative estimate of drug-likeness (QED) is 0.856. The van der Waals surface area contributed by atoms with Crippen LogP contribution in [-0.4, -0.2) is 25.0 Å². The summed E-state index contributed by atoms with van der Waals surface area (Å²) in [7, 11) is 0. The van der Waals surface area contributed by atoms with Crippen molar-refractivity contribution in [3.63, 3.8) is 0 Å². The van der Waals surface area contributed by atoms with Crippen LogP contribution in [0.5, 0.6) is 5.75 Å². The highest BCUT2D eigenvalue weighted by Crippen LogP contribution is 2.31. The molecule has 0 spiro atoms. The lowest BCUT2D eigenvalue weighted by molar-refractivity contribution is -0.121. The summed E-state index contributed by atoms with van der Waals surface area (Å²) in [6, 6.07) is 12.0. The number of carbonyl (C=O) groups excluding carboxylic acids is 2. The summed E-state index contributed by atoms with van der Waals surface area (Å²) >= 11 is 11.7. The topological polar surface area (TPSA) is 67.4 Å². The Labute approximate surface area is 155 Å². The number of hydrogen-bond donors (Lipinski definition) is 2. The van der Waals surface area contributed by atoms with Gasteiger partial charge in [0, 0.05) is 17.5 Å². The molecule has 2 aromatic rings. The number of ether oxygens (including phenoxy) is 1. The van der Waals surface area contributed by atoms with Gasteiger partial charge in [0.15, 0.2) is 0 Å². The molecule has 0 fully saturated rings. The third kappa shape index (κ3) is 4.24. The molecule has 5 nitrogen and oxygen atoms in total. The van der Waals surface area contributed by atoms with Crippen molar-refractivity contribution < 1.29 is 14.3 Å². The van der Waals surface area contributed by atoms with Crippen LogP contribution in [0.4, 0.5) is 0 Å². The van der Waals surface area contributed by atoms with E-state index in [1.165, 1.54) is 12.1 Å². The number of hydrogen-bond acceptors (Lipinski definition) is 3. The Balaban J connectivity index is 1.57. The maximum Gasteiger partial charge on any atom is 0.251 e. The molecule has 0 radical (unpaired) electrons. The van der Waals surface area contributed by atoms with Gasteiger partial charge in [-0.15, -0.1) is 0 Å². The minimum Gasteiger partial charge on any atom is -0.493 e. The van der Waals surface area contributed by atoms with Gasteiger partial charge in [0.2, 0.25) is 5.91 Å². The number of para-hydroxylation sites is 1. The average molecular weight is 379 g/mol. The fourth-order valence-corrected chi connectivity index (χ4v) is 2.94. The monoisotopic (exact) mass is 378 g/mol. The van der Waals surface area contributed by atoms with Gasteiger partial charge in [0.05, 0.1) is 29.2 Å². The molecule has 1 aliphatic rings. The summed E-state index contributed by atoms with van der Waals surface area (Å²) < 4.78 is 5.57. The highest BCUT2D eigenvalue weighted by atomic mass is 35.5. The number of rotatable bonds is 4. The van der Waals surface area contributed by atoms with Gasteiger partial charge in [-0.3, -0.25) is 9.59 Å². The average Bonchev–Trinajstić information content (AvgIpc) is 2.62. The maximum atomic E-state index is 12.2. The third-order valence-corrected chi connectivity index (χ3v) is 4.62. The van der Waals surface area contributed by atoms with Crippen molar-refractivity contribution in [2.24, 2.45) is 0 Å². The van der Waals surface area contributed by atoms with E-state index < -0.39 is 0 Å². The number of carbonyl (C=O) groups is 2. The molecule has 1 atom stereocenters. The summed E-state index contributed by atoms with van der Waals surface area (Å²) in [6.07, 6.45) is 0.684. The normalized spacial score (nSPS) is 15.7. The molecule has 2 N–H and O–H groups in total.